The maximum Gasteiger partial charge on any atom is 0.223 e. The van der Waals surface area contributed by atoms with Gasteiger partial charge in [0.2, 0.25) is 5.91 Å². The van der Waals surface area contributed by atoms with Gasteiger partial charge in [0.05, 0.1) is 0 Å². The molecule has 148 valence electrons. The summed E-state index contributed by atoms with van der Waals surface area (Å²) < 4.78 is 0. The molecule has 4 fully saturated rings. The van der Waals surface area contributed by atoms with Gasteiger partial charge in [-0.25, -0.2) is 0 Å². The molecule has 26 heavy (non-hydrogen) atoms. The maximum atomic E-state index is 13.0. The Morgan fingerprint density at radius 3 is 2.35 bits per heavy atom. The summed E-state index contributed by atoms with van der Waals surface area (Å²) in [5.41, 5.74) is 6.65. The minimum Gasteiger partial charge on any atom is -0.354 e. The largest absolute Gasteiger partial charge is 0.354 e. The van der Waals surface area contributed by atoms with Crippen molar-refractivity contribution in [2.45, 2.75) is 75.8 Å². The minimum atomic E-state index is 0.211. The van der Waals surface area contributed by atoms with Crippen LogP contribution < -0.4 is 11.1 Å². The van der Waals surface area contributed by atoms with Crippen molar-refractivity contribution in [3.05, 3.63) is 0 Å². The van der Waals surface area contributed by atoms with Gasteiger partial charge < -0.3 is 11.1 Å². The van der Waals surface area contributed by atoms with Crippen LogP contribution >= 0.6 is 11.8 Å². The first-order valence-corrected chi connectivity index (χ1v) is 12.2. The number of nitrogens with zero attached hydrogens (tertiary/aromatic N) is 1. The van der Waals surface area contributed by atoms with Crippen LogP contribution in [0.15, 0.2) is 0 Å². The quantitative estimate of drug-likeness (QED) is 0.788. The second-order valence-electron chi connectivity index (χ2n) is 9.30. The number of fused-ring (bicyclic) bond motifs is 2. The Morgan fingerprint density at radius 1 is 1.04 bits per heavy atom. The Labute approximate surface area is 163 Å². The fourth-order valence-corrected chi connectivity index (χ4v) is 7.15. The zero-order chi connectivity index (χ0) is 18.0. The summed E-state index contributed by atoms with van der Waals surface area (Å²) in [6.45, 7) is 3.26. The lowest BCUT2D eigenvalue weighted by atomic mass is 9.65. The lowest BCUT2D eigenvalue weighted by Crippen LogP contribution is -2.59. The number of carbonyl (C=O) groups excluding carboxylic acids is 1. The molecule has 1 heterocycles. The van der Waals surface area contributed by atoms with Crippen LogP contribution in [0.3, 0.4) is 0 Å². The summed E-state index contributed by atoms with van der Waals surface area (Å²) in [6, 6.07) is 0.350. The van der Waals surface area contributed by atoms with Crippen molar-refractivity contribution in [1.29, 1.82) is 0 Å². The summed E-state index contributed by atoms with van der Waals surface area (Å²) in [6.07, 6.45) is 12.4. The topological polar surface area (TPSA) is 58.4 Å². The molecule has 5 heteroatoms. The highest BCUT2D eigenvalue weighted by Crippen LogP contribution is 2.42. The number of nitrogens with two attached hydrogens (primary N) is 1. The molecule has 2 bridgehead atoms. The molecule has 0 spiro atoms. The molecule has 4 rings (SSSR count). The normalized spacial score (nSPS) is 37.9. The third-order valence-corrected chi connectivity index (χ3v) is 8.78. The van der Waals surface area contributed by atoms with Crippen molar-refractivity contribution in [3.8, 4) is 0 Å². The van der Waals surface area contributed by atoms with Gasteiger partial charge in [0.25, 0.3) is 0 Å². The highest BCUT2D eigenvalue weighted by atomic mass is 32.2. The molecule has 0 aromatic carbocycles. The summed E-state index contributed by atoms with van der Waals surface area (Å²) in [7, 11) is 0. The molecule has 0 aromatic heterocycles. The first-order chi connectivity index (χ1) is 12.7. The molecular weight excluding hydrogens is 342 g/mol. The van der Waals surface area contributed by atoms with Crippen molar-refractivity contribution in [2.75, 3.05) is 31.1 Å². The molecule has 0 radical (unpaired) electrons. The standard InChI is InChI=1S/C21H37N3OS/c22-19-16-5-4-6-17(19)14-18(13-16)20(25)23-15-21(7-2-1-3-8-21)24-9-11-26-12-10-24/h16-19H,1-15,22H2,(H,23,25). The lowest BCUT2D eigenvalue weighted by Gasteiger charge is -2.48. The SMILES string of the molecule is NC1C2CCCC1CC(C(=O)NCC1(N3CCSCC3)CCCCC1)C2. The zero-order valence-electron chi connectivity index (χ0n) is 16.3. The Kier molecular flexibility index (Phi) is 6.16. The smallest absolute Gasteiger partial charge is 0.223 e. The molecular formula is C21H37N3OS. The minimum absolute atomic E-state index is 0.211. The molecule has 3 N–H and O–H groups in total. The number of rotatable bonds is 4. The van der Waals surface area contributed by atoms with E-state index in [1.54, 1.807) is 0 Å². The molecule has 1 amide bonds. The summed E-state index contributed by atoms with van der Waals surface area (Å²) >= 11 is 2.08. The second-order valence-corrected chi connectivity index (χ2v) is 10.5. The van der Waals surface area contributed by atoms with Crippen LogP contribution in [0.1, 0.15) is 64.2 Å². The van der Waals surface area contributed by atoms with Crippen molar-refractivity contribution in [1.82, 2.24) is 10.2 Å². The Morgan fingerprint density at radius 2 is 1.69 bits per heavy atom. The first kappa shape index (κ1) is 19.1. The fourth-order valence-electron chi connectivity index (χ4n) is 6.25. The van der Waals surface area contributed by atoms with Crippen LogP contribution in [0.5, 0.6) is 0 Å². The van der Waals surface area contributed by atoms with Crippen molar-refractivity contribution in [2.24, 2.45) is 23.5 Å². The van der Waals surface area contributed by atoms with Crippen LogP contribution in [0, 0.1) is 17.8 Å². The van der Waals surface area contributed by atoms with Crippen LogP contribution in [-0.4, -0.2) is 53.5 Å². The molecule has 3 saturated carbocycles. The van der Waals surface area contributed by atoms with Crippen LogP contribution in [0.2, 0.25) is 0 Å². The molecule has 4 nitrogen and oxygen atoms in total. The number of thioether (sulfide) groups is 1. The van der Waals surface area contributed by atoms with Gasteiger partial charge in [-0.1, -0.05) is 25.7 Å². The monoisotopic (exact) mass is 379 g/mol. The van der Waals surface area contributed by atoms with E-state index in [1.165, 1.54) is 76.0 Å². The van der Waals surface area contributed by atoms with E-state index in [-0.39, 0.29) is 11.5 Å². The number of carbonyl (C=O) groups is 1. The molecule has 3 aliphatic carbocycles. The number of hydrogen-bond acceptors (Lipinski definition) is 4. The van der Waals surface area contributed by atoms with E-state index in [2.05, 4.69) is 22.0 Å². The Bertz CT molecular complexity index is 474. The molecule has 0 aromatic rings. The average molecular weight is 380 g/mol. The summed E-state index contributed by atoms with van der Waals surface area (Å²) in [5, 5.41) is 3.44. The van der Waals surface area contributed by atoms with Crippen molar-refractivity contribution in [3.63, 3.8) is 0 Å². The van der Waals surface area contributed by atoms with Gasteiger partial charge in [0, 0.05) is 48.6 Å². The highest BCUT2D eigenvalue weighted by molar-refractivity contribution is 7.99. The number of nitrogens with one attached hydrogen (secondary N) is 1. The zero-order valence-corrected chi connectivity index (χ0v) is 17.1. The van der Waals surface area contributed by atoms with E-state index < -0.39 is 0 Å². The average Bonchev–Trinajstić information content (AvgIpc) is 2.67. The lowest BCUT2D eigenvalue weighted by molar-refractivity contribution is -0.128. The van der Waals surface area contributed by atoms with Crippen molar-refractivity contribution >= 4 is 17.7 Å². The molecule has 1 saturated heterocycles. The molecule has 2 unspecified atom stereocenters. The predicted octanol–water partition coefficient (Wildman–Crippen LogP) is 3.01. The van der Waals surface area contributed by atoms with E-state index in [0.717, 1.165) is 19.4 Å². The van der Waals surface area contributed by atoms with Crippen LogP contribution in [0.4, 0.5) is 0 Å². The van der Waals surface area contributed by atoms with Gasteiger partial charge in [-0.05, 0) is 50.4 Å². The van der Waals surface area contributed by atoms with Gasteiger partial charge in [-0.2, -0.15) is 11.8 Å². The van der Waals surface area contributed by atoms with E-state index in [1.807, 2.05) is 0 Å². The van der Waals surface area contributed by atoms with Gasteiger partial charge in [0.1, 0.15) is 0 Å². The Hall–Kier alpha value is -0.260. The van der Waals surface area contributed by atoms with E-state index in [0.29, 0.717) is 23.8 Å². The van der Waals surface area contributed by atoms with Gasteiger partial charge in [0.15, 0.2) is 0 Å². The van der Waals surface area contributed by atoms with E-state index >= 15 is 0 Å². The molecule has 4 aliphatic rings. The van der Waals surface area contributed by atoms with E-state index in [9.17, 15) is 4.79 Å². The second kappa shape index (κ2) is 8.40. The molecule has 1 aliphatic heterocycles. The van der Waals surface area contributed by atoms with E-state index in [4.69, 9.17) is 5.73 Å². The summed E-state index contributed by atoms with van der Waals surface area (Å²) in [5.74, 6) is 4.20. The number of hydrogen-bond donors (Lipinski definition) is 2. The highest BCUT2D eigenvalue weighted by Gasteiger charge is 2.42. The predicted molar refractivity (Wildman–Crippen MR) is 109 cm³/mol. The maximum absolute atomic E-state index is 13.0. The van der Waals surface area contributed by atoms with Crippen LogP contribution in [0.25, 0.3) is 0 Å². The van der Waals surface area contributed by atoms with Crippen molar-refractivity contribution < 1.29 is 4.79 Å². The third kappa shape index (κ3) is 3.95. The fraction of sp³-hybridized carbons (Fsp3) is 0.952. The van der Waals surface area contributed by atoms with Crippen LogP contribution in [-0.2, 0) is 4.79 Å². The Balaban J connectivity index is 1.37. The van der Waals surface area contributed by atoms with Gasteiger partial charge >= 0.3 is 0 Å². The van der Waals surface area contributed by atoms with Gasteiger partial charge in [-0.15, -0.1) is 0 Å². The van der Waals surface area contributed by atoms with Gasteiger partial charge in [-0.3, -0.25) is 9.69 Å². The first-order valence-electron chi connectivity index (χ1n) is 11.0. The summed E-state index contributed by atoms with van der Waals surface area (Å²) in [4.78, 5) is 15.7. The molecule has 2 atom stereocenters. The third-order valence-electron chi connectivity index (χ3n) is 7.84. The number of amides is 1.